The molecule has 1 atom stereocenters. The number of benzene rings is 1. The zero-order chi connectivity index (χ0) is 16.4. The molecule has 2 rings (SSSR count). The predicted octanol–water partition coefficient (Wildman–Crippen LogP) is 3.76. The van der Waals surface area contributed by atoms with Crippen LogP contribution in [0.4, 0.5) is 10.5 Å². The summed E-state index contributed by atoms with van der Waals surface area (Å²) in [5.41, 5.74) is 0.972. The first-order valence-electron chi connectivity index (χ1n) is 7.43. The van der Waals surface area contributed by atoms with Crippen molar-refractivity contribution in [2.45, 2.75) is 33.9 Å². The van der Waals surface area contributed by atoms with Gasteiger partial charge in [0.05, 0.1) is 17.9 Å². The third-order valence-electron chi connectivity index (χ3n) is 3.56. The maximum Gasteiger partial charge on any atom is 0.416 e. The van der Waals surface area contributed by atoms with Crippen LogP contribution in [-0.2, 0) is 4.74 Å². The van der Waals surface area contributed by atoms with Crippen molar-refractivity contribution in [3.63, 3.8) is 0 Å². The van der Waals surface area contributed by atoms with E-state index in [9.17, 15) is 9.59 Å². The zero-order valence-electron chi connectivity index (χ0n) is 13.3. The lowest BCUT2D eigenvalue weighted by molar-refractivity contribution is 0.0632. The van der Waals surface area contributed by atoms with Crippen molar-refractivity contribution in [3.8, 4) is 0 Å². The van der Waals surface area contributed by atoms with Gasteiger partial charge in [-0.25, -0.2) is 4.79 Å². The lowest BCUT2D eigenvalue weighted by Gasteiger charge is -2.42. The van der Waals surface area contributed by atoms with Crippen LogP contribution < -0.4 is 4.90 Å². The highest BCUT2D eigenvalue weighted by molar-refractivity contribution is 6.31. The summed E-state index contributed by atoms with van der Waals surface area (Å²) in [4.78, 5) is 28.2. The number of hydrogen-bond acceptors (Lipinski definition) is 3. The Labute approximate surface area is 135 Å². The van der Waals surface area contributed by atoms with Gasteiger partial charge in [-0.05, 0) is 38.0 Å². The van der Waals surface area contributed by atoms with Gasteiger partial charge in [0.2, 0.25) is 0 Å². The topological polar surface area (TPSA) is 49.9 Å². The standard InChI is InChI=1S/C16H21ClN2O3/c1-5-22-16(21)19-11(4)18(9-10(2)3)15(20)13-8-12(17)6-7-14(13)19/h6-8,10-11H,5,9H2,1-4H3. The van der Waals surface area contributed by atoms with Crippen LogP contribution in [0.5, 0.6) is 0 Å². The highest BCUT2D eigenvalue weighted by Gasteiger charge is 2.39. The number of rotatable bonds is 3. The van der Waals surface area contributed by atoms with Gasteiger partial charge in [-0.2, -0.15) is 0 Å². The molecule has 0 aromatic heterocycles. The fraction of sp³-hybridized carbons (Fsp3) is 0.500. The Kier molecular flexibility index (Phi) is 4.96. The minimum absolute atomic E-state index is 0.112. The monoisotopic (exact) mass is 324 g/mol. The maximum absolute atomic E-state index is 12.7. The van der Waals surface area contributed by atoms with E-state index in [0.29, 0.717) is 22.8 Å². The van der Waals surface area contributed by atoms with Gasteiger partial charge in [-0.3, -0.25) is 9.69 Å². The van der Waals surface area contributed by atoms with Crippen molar-refractivity contribution in [2.75, 3.05) is 18.1 Å². The molecule has 2 amide bonds. The molecule has 6 heteroatoms. The minimum atomic E-state index is -0.458. The van der Waals surface area contributed by atoms with E-state index < -0.39 is 12.3 Å². The van der Waals surface area contributed by atoms with E-state index in [-0.39, 0.29) is 18.4 Å². The third-order valence-corrected chi connectivity index (χ3v) is 3.80. The van der Waals surface area contributed by atoms with Crippen LogP contribution in [0.15, 0.2) is 18.2 Å². The summed E-state index contributed by atoms with van der Waals surface area (Å²) < 4.78 is 5.14. The van der Waals surface area contributed by atoms with Crippen molar-refractivity contribution in [2.24, 2.45) is 5.92 Å². The molecule has 1 aromatic carbocycles. The summed E-state index contributed by atoms with van der Waals surface area (Å²) in [6, 6.07) is 4.96. The molecule has 0 saturated carbocycles. The molecule has 0 fully saturated rings. The molecule has 1 heterocycles. The number of ether oxygens (including phenoxy) is 1. The van der Waals surface area contributed by atoms with E-state index in [1.807, 2.05) is 20.8 Å². The van der Waals surface area contributed by atoms with E-state index in [1.54, 1.807) is 30.0 Å². The van der Waals surface area contributed by atoms with E-state index in [2.05, 4.69) is 0 Å². The first kappa shape index (κ1) is 16.6. The first-order valence-corrected chi connectivity index (χ1v) is 7.81. The molecular weight excluding hydrogens is 304 g/mol. The molecule has 0 N–H and O–H groups in total. The number of amides is 2. The molecule has 0 spiro atoms. The van der Waals surface area contributed by atoms with Crippen LogP contribution in [0.1, 0.15) is 38.1 Å². The average Bonchev–Trinajstić information content (AvgIpc) is 2.44. The van der Waals surface area contributed by atoms with Crippen molar-refractivity contribution >= 4 is 29.3 Å². The Bertz CT molecular complexity index is 589. The molecule has 0 bridgehead atoms. The van der Waals surface area contributed by atoms with Gasteiger partial charge >= 0.3 is 6.09 Å². The molecule has 22 heavy (non-hydrogen) atoms. The van der Waals surface area contributed by atoms with Crippen LogP contribution in [0.2, 0.25) is 5.02 Å². The molecule has 1 aliphatic rings. The number of anilines is 1. The molecule has 1 unspecified atom stereocenters. The smallest absolute Gasteiger partial charge is 0.416 e. The first-order chi connectivity index (χ1) is 10.4. The summed E-state index contributed by atoms with van der Waals surface area (Å²) in [5, 5.41) is 0.468. The average molecular weight is 325 g/mol. The van der Waals surface area contributed by atoms with Crippen LogP contribution in [0.3, 0.4) is 0 Å². The number of hydrogen-bond donors (Lipinski definition) is 0. The number of halogens is 1. The number of fused-ring (bicyclic) bond motifs is 1. The van der Waals surface area contributed by atoms with Crippen LogP contribution in [0, 0.1) is 5.92 Å². The minimum Gasteiger partial charge on any atom is -0.449 e. The van der Waals surface area contributed by atoms with E-state index in [0.717, 1.165) is 0 Å². The molecule has 0 radical (unpaired) electrons. The van der Waals surface area contributed by atoms with Crippen LogP contribution >= 0.6 is 11.6 Å². The summed E-state index contributed by atoms with van der Waals surface area (Å²) in [5.74, 6) is 0.176. The second-order valence-electron chi connectivity index (χ2n) is 5.71. The van der Waals surface area contributed by atoms with Gasteiger partial charge < -0.3 is 9.64 Å². The van der Waals surface area contributed by atoms with Crippen LogP contribution in [-0.4, -0.2) is 36.2 Å². The predicted molar refractivity (Wildman–Crippen MR) is 86.3 cm³/mol. The summed E-state index contributed by atoms with van der Waals surface area (Å²) in [6.07, 6.45) is -0.859. The molecule has 120 valence electrons. The Morgan fingerprint density at radius 1 is 1.41 bits per heavy atom. The number of nitrogens with zero attached hydrogens (tertiary/aromatic N) is 2. The Morgan fingerprint density at radius 3 is 2.68 bits per heavy atom. The third kappa shape index (κ3) is 3.04. The second kappa shape index (κ2) is 6.57. The SMILES string of the molecule is CCOC(=O)N1c2ccc(Cl)cc2C(=O)N(CC(C)C)C1C. The zero-order valence-corrected chi connectivity index (χ0v) is 14.1. The highest BCUT2D eigenvalue weighted by atomic mass is 35.5. The summed E-state index contributed by atoms with van der Waals surface area (Å²) in [7, 11) is 0. The van der Waals surface area contributed by atoms with Gasteiger partial charge in [0, 0.05) is 11.6 Å². The fourth-order valence-corrected chi connectivity index (χ4v) is 2.80. The number of carbonyl (C=O) groups excluding carboxylic acids is 2. The van der Waals surface area contributed by atoms with Gasteiger partial charge in [0.15, 0.2) is 0 Å². The quantitative estimate of drug-likeness (QED) is 0.850. The summed E-state index contributed by atoms with van der Waals surface area (Å²) >= 11 is 6.01. The summed E-state index contributed by atoms with van der Waals surface area (Å²) in [6.45, 7) is 8.48. The second-order valence-corrected chi connectivity index (χ2v) is 6.15. The van der Waals surface area contributed by atoms with Crippen molar-refractivity contribution in [1.29, 1.82) is 0 Å². The molecule has 5 nitrogen and oxygen atoms in total. The van der Waals surface area contributed by atoms with Gasteiger partial charge in [-0.15, -0.1) is 0 Å². The fourth-order valence-electron chi connectivity index (χ4n) is 2.63. The molecular formula is C16H21ClN2O3. The van der Waals surface area contributed by atoms with Gasteiger partial charge in [0.1, 0.15) is 6.17 Å². The molecule has 1 aromatic rings. The normalized spacial score (nSPS) is 17.7. The van der Waals surface area contributed by atoms with E-state index in [1.165, 1.54) is 4.90 Å². The number of carbonyl (C=O) groups is 2. The Balaban J connectivity index is 2.51. The highest BCUT2D eigenvalue weighted by Crippen LogP contribution is 2.33. The van der Waals surface area contributed by atoms with E-state index in [4.69, 9.17) is 16.3 Å². The lowest BCUT2D eigenvalue weighted by Crippen LogP contribution is -2.56. The van der Waals surface area contributed by atoms with Crippen molar-refractivity contribution in [3.05, 3.63) is 28.8 Å². The maximum atomic E-state index is 12.7. The molecule has 0 saturated heterocycles. The molecule has 1 aliphatic heterocycles. The van der Waals surface area contributed by atoms with Gasteiger partial charge in [-0.1, -0.05) is 25.4 Å². The van der Waals surface area contributed by atoms with Crippen molar-refractivity contribution < 1.29 is 14.3 Å². The van der Waals surface area contributed by atoms with Crippen molar-refractivity contribution in [1.82, 2.24) is 4.90 Å². The van der Waals surface area contributed by atoms with Gasteiger partial charge in [0.25, 0.3) is 5.91 Å². The molecule has 0 aliphatic carbocycles. The largest absolute Gasteiger partial charge is 0.449 e. The lowest BCUT2D eigenvalue weighted by atomic mass is 10.0. The Morgan fingerprint density at radius 2 is 2.09 bits per heavy atom. The Hall–Kier alpha value is -1.75. The van der Waals surface area contributed by atoms with Crippen LogP contribution in [0.25, 0.3) is 0 Å². The van der Waals surface area contributed by atoms with E-state index >= 15 is 0 Å².